The summed E-state index contributed by atoms with van der Waals surface area (Å²) in [6.07, 6.45) is 4.49. The lowest BCUT2D eigenvalue weighted by Gasteiger charge is -2.27. The monoisotopic (exact) mass is 231 g/mol. The van der Waals surface area contributed by atoms with E-state index in [2.05, 4.69) is 32.0 Å². The van der Waals surface area contributed by atoms with Gasteiger partial charge in [0.15, 0.2) is 0 Å². The molecule has 2 saturated heterocycles. The summed E-state index contributed by atoms with van der Waals surface area (Å²) in [6.45, 7) is 4.33. The topological polar surface area (TPSA) is 35.2 Å². The molecule has 1 aromatic carbocycles. The second kappa shape index (κ2) is 4.11. The molecule has 0 radical (unpaired) electrons. The van der Waals surface area contributed by atoms with Gasteiger partial charge in [-0.15, -0.1) is 0 Å². The molecule has 0 spiro atoms. The van der Waals surface area contributed by atoms with Crippen LogP contribution >= 0.6 is 0 Å². The molecule has 2 nitrogen and oxygen atoms in total. The van der Waals surface area contributed by atoms with Gasteiger partial charge in [-0.25, -0.2) is 0 Å². The molecule has 0 aromatic heterocycles. The number of hydrogen-bond donors (Lipinski definition) is 1. The van der Waals surface area contributed by atoms with Crippen LogP contribution < -0.4 is 5.73 Å². The van der Waals surface area contributed by atoms with Gasteiger partial charge in [0.2, 0.25) is 0 Å². The molecule has 2 heterocycles. The van der Waals surface area contributed by atoms with Crippen molar-refractivity contribution in [2.24, 2.45) is 11.7 Å². The van der Waals surface area contributed by atoms with Crippen molar-refractivity contribution in [1.82, 2.24) is 0 Å². The molecule has 92 valence electrons. The first-order valence-corrected chi connectivity index (χ1v) is 6.64. The average Bonchev–Trinajstić information content (AvgIpc) is 2.94. The quantitative estimate of drug-likeness (QED) is 0.849. The number of rotatable bonds is 2. The van der Waals surface area contributed by atoms with E-state index in [1.165, 1.54) is 29.5 Å². The molecule has 2 fully saturated rings. The molecule has 4 unspecified atom stereocenters. The third-order valence-electron chi connectivity index (χ3n) is 4.62. The average molecular weight is 231 g/mol. The third-order valence-corrected chi connectivity index (χ3v) is 4.62. The van der Waals surface area contributed by atoms with Crippen LogP contribution in [-0.4, -0.2) is 12.2 Å². The van der Waals surface area contributed by atoms with Crippen molar-refractivity contribution < 1.29 is 4.74 Å². The first-order valence-electron chi connectivity index (χ1n) is 6.64. The maximum atomic E-state index is 6.48. The molecule has 17 heavy (non-hydrogen) atoms. The van der Waals surface area contributed by atoms with Crippen molar-refractivity contribution in [2.45, 2.75) is 51.4 Å². The fourth-order valence-corrected chi connectivity index (χ4v) is 3.42. The van der Waals surface area contributed by atoms with Crippen LogP contribution in [0, 0.1) is 19.8 Å². The van der Waals surface area contributed by atoms with E-state index >= 15 is 0 Å². The minimum Gasteiger partial charge on any atom is -0.375 e. The van der Waals surface area contributed by atoms with Crippen LogP contribution in [0.1, 0.15) is 42.0 Å². The smallest absolute Gasteiger partial charge is 0.0627 e. The third kappa shape index (κ3) is 1.80. The van der Waals surface area contributed by atoms with Gasteiger partial charge in [0.25, 0.3) is 0 Å². The Balaban J connectivity index is 1.86. The van der Waals surface area contributed by atoms with Crippen LogP contribution in [0.4, 0.5) is 0 Å². The predicted molar refractivity (Wildman–Crippen MR) is 68.8 cm³/mol. The largest absolute Gasteiger partial charge is 0.375 e. The zero-order valence-corrected chi connectivity index (χ0v) is 10.6. The lowest BCUT2D eigenvalue weighted by Crippen LogP contribution is -2.29. The van der Waals surface area contributed by atoms with Gasteiger partial charge in [-0.3, -0.25) is 0 Å². The first-order chi connectivity index (χ1) is 8.16. The van der Waals surface area contributed by atoms with Gasteiger partial charge in [0.05, 0.1) is 12.2 Å². The Morgan fingerprint density at radius 2 is 2.12 bits per heavy atom. The van der Waals surface area contributed by atoms with Crippen LogP contribution in [0.15, 0.2) is 18.2 Å². The number of nitrogens with two attached hydrogens (primary N) is 1. The van der Waals surface area contributed by atoms with Crippen LogP contribution in [0.2, 0.25) is 0 Å². The second-order valence-electron chi connectivity index (χ2n) is 5.59. The van der Waals surface area contributed by atoms with E-state index < -0.39 is 0 Å². The van der Waals surface area contributed by atoms with Gasteiger partial charge in [-0.1, -0.05) is 18.2 Å². The van der Waals surface area contributed by atoms with Crippen LogP contribution in [0.3, 0.4) is 0 Å². The summed E-state index contributed by atoms with van der Waals surface area (Å²) in [4.78, 5) is 0. The van der Waals surface area contributed by atoms with Gasteiger partial charge in [0, 0.05) is 12.0 Å². The molecule has 1 aromatic rings. The number of ether oxygens (including phenoxy) is 1. The number of hydrogen-bond acceptors (Lipinski definition) is 2. The molecule has 2 bridgehead atoms. The Labute approximate surface area is 103 Å². The normalized spacial score (nSPS) is 33.0. The van der Waals surface area contributed by atoms with Crippen LogP contribution in [-0.2, 0) is 4.74 Å². The van der Waals surface area contributed by atoms with Gasteiger partial charge in [0.1, 0.15) is 0 Å². The summed E-state index contributed by atoms with van der Waals surface area (Å²) in [5.41, 5.74) is 10.5. The summed E-state index contributed by atoms with van der Waals surface area (Å²) >= 11 is 0. The van der Waals surface area contributed by atoms with Crippen molar-refractivity contribution in [3.8, 4) is 0 Å². The number of benzene rings is 1. The zero-order valence-electron chi connectivity index (χ0n) is 10.6. The molecular weight excluding hydrogens is 210 g/mol. The summed E-state index contributed by atoms with van der Waals surface area (Å²) < 4.78 is 5.92. The van der Waals surface area contributed by atoms with Gasteiger partial charge < -0.3 is 10.5 Å². The lowest BCUT2D eigenvalue weighted by molar-refractivity contribution is 0.0884. The Morgan fingerprint density at radius 3 is 2.76 bits per heavy atom. The standard InChI is InChI=1S/C15H21NO/c1-9-4-3-5-12(10(9)2)15(16)13-8-11-6-7-14(13)17-11/h3-5,11,13-15H,6-8,16H2,1-2H3. The summed E-state index contributed by atoms with van der Waals surface area (Å²) in [7, 11) is 0. The van der Waals surface area contributed by atoms with E-state index in [1.807, 2.05) is 0 Å². The molecule has 2 heteroatoms. The van der Waals surface area contributed by atoms with Crippen LogP contribution in [0.25, 0.3) is 0 Å². The molecule has 0 saturated carbocycles. The molecule has 2 aliphatic heterocycles. The van der Waals surface area contributed by atoms with Crippen molar-refractivity contribution in [1.29, 1.82) is 0 Å². The Morgan fingerprint density at radius 1 is 1.29 bits per heavy atom. The highest BCUT2D eigenvalue weighted by molar-refractivity contribution is 5.35. The molecule has 0 aliphatic carbocycles. The van der Waals surface area contributed by atoms with E-state index in [1.54, 1.807) is 0 Å². The fourth-order valence-electron chi connectivity index (χ4n) is 3.42. The van der Waals surface area contributed by atoms with Crippen molar-refractivity contribution >= 4 is 0 Å². The fraction of sp³-hybridized carbons (Fsp3) is 0.600. The predicted octanol–water partition coefficient (Wildman–Crippen LogP) is 2.87. The maximum absolute atomic E-state index is 6.48. The molecule has 4 atom stereocenters. The molecule has 2 aliphatic rings. The van der Waals surface area contributed by atoms with Gasteiger partial charge in [-0.05, 0) is 49.8 Å². The van der Waals surface area contributed by atoms with E-state index in [0.717, 1.165) is 6.42 Å². The second-order valence-corrected chi connectivity index (χ2v) is 5.59. The minimum absolute atomic E-state index is 0.144. The highest BCUT2D eigenvalue weighted by Crippen LogP contribution is 2.44. The van der Waals surface area contributed by atoms with Crippen molar-refractivity contribution in [3.63, 3.8) is 0 Å². The molecule has 2 N–H and O–H groups in total. The van der Waals surface area contributed by atoms with E-state index in [0.29, 0.717) is 18.1 Å². The Kier molecular flexibility index (Phi) is 2.72. The Hall–Kier alpha value is -0.860. The molecular formula is C15H21NO. The van der Waals surface area contributed by atoms with Crippen LogP contribution in [0.5, 0.6) is 0 Å². The first kappa shape index (κ1) is 11.2. The van der Waals surface area contributed by atoms with E-state index in [4.69, 9.17) is 10.5 Å². The van der Waals surface area contributed by atoms with E-state index in [9.17, 15) is 0 Å². The number of aryl methyl sites for hydroxylation is 1. The summed E-state index contributed by atoms with van der Waals surface area (Å²) in [5.74, 6) is 0.522. The maximum Gasteiger partial charge on any atom is 0.0627 e. The Bertz CT molecular complexity index is 429. The summed E-state index contributed by atoms with van der Waals surface area (Å²) in [6, 6.07) is 6.60. The van der Waals surface area contributed by atoms with Crippen molar-refractivity contribution in [3.05, 3.63) is 34.9 Å². The lowest BCUT2D eigenvalue weighted by atomic mass is 9.80. The van der Waals surface area contributed by atoms with E-state index in [-0.39, 0.29) is 6.04 Å². The highest BCUT2D eigenvalue weighted by atomic mass is 16.5. The summed E-state index contributed by atoms with van der Waals surface area (Å²) in [5, 5.41) is 0. The highest BCUT2D eigenvalue weighted by Gasteiger charge is 2.43. The SMILES string of the molecule is Cc1cccc(C(N)C2CC3CCC2O3)c1C. The zero-order chi connectivity index (χ0) is 12.0. The van der Waals surface area contributed by atoms with Gasteiger partial charge in [-0.2, -0.15) is 0 Å². The van der Waals surface area contributed by atoms with Gasteiger partial charge >= 0.3 is 0 Å². The minimum atomic E-state index is 0.144. The van der Waals surface area contributed by atoms with Crippen molar-refractivity contribution in [2.75, 3.05) is 0 Å². The number of fused-ring (bicyclic) bond motifs is 2. The molecule has 3 rings (SSSR count). The molecule has 0 amide bonds.